The summed E-state index contributed by atoms with van der Waals surface area (Å²) >= 11 is 0. The van der Waals surface area contributed by atoms with Crippen LogP contribution >= 0.6 is 0 Å². The van der Waals surface area contributed by atoms with E-state index < -0.39 is 24.2 Å². The molecular formula is C15H19F3N2O3. The van der Waals surface area contributed by atoms with Gasteiger partial charge in [0.05, 0.1) is 12.5 Å². The molecule has 1 aliphatic heterocycles. The van der Waals surface area contributed by atoms with Gasteiger partial charge in [0.25, 0.3) is 0 Å². The summed E-state index contributed by atoms with van der Waals surface area (Å²) in [5.74, 6) is -0.880. The molecule has 0 aliphatic carbocycles. The van der Waals surface area contributed by atoms with Crippen molar-refractivity contribution in [2.45, 2.75) is 50.9 Å². The number of nitrogens with zero attached hydrogens (tertiary/aromatic N) is 1. The number of amides is 2. The SMILES string of the molecule is CC(=O)N1CC(NC(=O)CCc2ccoc2)CCC1C(F)(F)F. The van der Waals surface area contributed by atoms with Crippen molar-refractivity contribution in [1.29, 1.82) is 0 Å². The molecule has 0 saturated carbocycles. The number of halogens is 3. The van der Waals surface area contributed by atoms with E-state index in [1.54, 1.807) is 12.3 Å². The molecule has 1 fully saturated rings. The number of piperidine rings is 1. The summed E-state index contributed by atoms with van der Waals surface area (Å²) in [6, 6.07) is -0.465. The van der Waals surface area contributed by atoms with E-state index in [9.17, 15) is 22.8 Å². The van der Waals surface area contributed by atoms with Gasteiger partial charge >= 0.3 is 6.18 Å². The zero-order chi connectivity index (χ0) is 17.0. The van der Waals surface area contributed by atoms with Crippen LogP contribution in [-0.2, 0) is 16.0 Å². The number of hydrogen-bond donors (Lipinski definition) is 1. The normalized spacial score (nSPS) is 22.0. The number of carbonyl (C=O) groups excluding carboxylic acids is 2. The molecular weight excluding hydrogens is 313 g/mol. The van der Waals surface area contributed by atoms with E-state index in [0.29, 0.717) is 6.42 Å². The summed E-state index contributed by atoms with van der Waals surface area (Å²) in [5.41, 5.74) is 0.881. The monoisotopic (exact) mass is 332 g/mol. The van der Waals surface area contributed by atoms with Crippen molar-refractivity contribution in [3.8, 4) is 0 Å². The van der Waals surface area contributed by atoms with E-state index in [0.717, 1.165) is 17.4 Å². The maximum Gasteiger partial charge on any atom is 0.408 e. The first-order valence-electron chi connectivity index (χ1n) is 7.41. The summed E-state index contributed by atoms with van der Waals surface area (Å²) in [6.45, 7) is 0.999. The molecule has 0 radical (unpaired) electrons. The van der Waals surface area contributed by atoms with Gasteiger partial charge in [-0.05, 0) is 30.9 Å². The Morgan fingerprint density at radius 3 is 2.70 bits per heavy atom. The highest BCUT2D eigenvalue weighted by atomic mass is 19.4. The molecule has 128 valence electrons. The molecule has 8 heteroatoms. The molecule has 1 saturated heterocycles. The number of rotatable bonds is 4. The Hall–Kier alpha value is -1.99. The first-order chi connectivity index (χ1) is 10.8. The van der Waals surface area contributed by atoms with Gasteiger partial charge in [-0.25, -0.2) is 0 Å². The molecule has 0 bridgehead atoms. The fraction of sp³-hybridized carbons (Fsp3) is 0.600. The second-order valence-corrected chi connectivity index (χ2v) is 5.70. The van der Waals surface area contributed by atoms with E-state index in [-0.39, 0.29) is 31.7 Å². The van der Waals surface area contributed by atoms with Gasteiger partial charge in [-0.15, -0.1) is 0 Å². The molecule has 0 aromatic carbocycles. The fourth-order valence-corrected chi connectivity index (χ4v) is 2.77. The Kier molecular flexibility index (Phi) is 5.33. The summed E-state index contributed by atoms with van der Waals surface area (Å²) in [5, 5.41) is 2.71. The van der Waals surface area contributed by atoms with Gasteiger partial charge < -0.3 is 14.6 Å². The molecule has 1 aromatic rings. The van der Waals surface area contributed by atoms with Crippen LogP contribution in [0.2, 0.25) is 0 Å². The van der Waals surface area contributed by atoms with Crippen LogP contribution in [0.5, 0.6) is 0 Å². The van der Waals surface area contributed by atoms with Crippen molar-refractivity contribution in [1.82, 2.24) is 10.2 Å². The third-order valence-corrected chi connectivity index (χ3v) is 3.95. The Morgan fingerprint density at radius 2 is 2.13 bits per heavy atom. The Morgan fingerprint density at radius 1 is 1.39 bits per heavy atom. The minimum Gasteiger partial charge on any atom is -0.472 e. The number of furan rings is 1. The molecule has 0 spiro atoms. The molecule has 2 unspecified atom stereocenters. The number of aryl methyl sites for hydroxylation is 1. The zero-order valence-corrected chi connectivity index (χ0v) is 12.7. The zero-order valence-electron chi connectivity index (χ0n) is 12.7. The first kappa shape index (κ1) is 17.4. The molecule has 2 rings (SSSR count). The van der Waals surface area contributed by atoms with Crippen molar-refractivity contribution < 1.29 is 27.2 Å². The van der Waals surface area contributed by atoms with Crippen LogP contribution in [-0.4, -0.2) is 41.5 Å². The molecule has 5 nitrogen and oxygen atoms in total. The lowest BCUT2D eigenvalue weighted by Gasteiger charge is -2.40. The Bertz CT molecular complexity index is 543. The van der Waals surface area contributed by atoms with Crippen LogP contribution in [0.25, 0.3) is 0 Å². The fourth-order valence-electron chi connectivity index (χ4n) is 2.77. The molecule has 1 N–H and O–H groups in total. The van der Waals surface area contributed by atoms with Gasteiger partial charge in [0.15, 0.2) is 0 Å². The van der Waals surface area contributed by atoms with Crippen molar-refractivity contribution in [2.24, 2.45) is 0 Å². The number of alkyl halides is 3. The van der Waals surface area contributed by atoms with Gasteiger partial charge in [0.2, 0.25) is 11.8 Å². The van der Waals surface area contributed by atoms with E-state index in [1.165, 1.54) is 6.26 Å². The van der Waals surface area contributed by atoms with Crippen molar-refractivity contribution in [3.05, 3.63) is 24.2 Å². The summed E-state index contributed by atoms with van der Waals surface area (Å²) < 4.78 is 43.7. The highest BCUT2D eigenvalue weighted by molar-refractivity contribution is 5.77. The van der Waals surface area contributed by atoms with E-state index in [4.69, 9.17) is 4.42 Å². The number of likely N-dealkylation sites (tertiary alicyclic amines) is 1. The maximum atomic E-state index is 12.9. The van der Waals surface area contributed by atoms with Gasteiger partial charge in [-0.1, -0.05) is 0 Å². The minimum atomic E-state index is -4.44. The number of carbonyl (C=O) groups is 2. The third kappa shape index (κ3) is 4.74. The minimum absolute atomic E-state index is 0.114. The first-order valence-corrected chi connectivity index (χ1v) is 7.41. The van der Waals surface area contributed by atoms with Crippen LogP contribution in [0.15, 0.2) is 23.0 Å². The lowest BCUT2D eigenvalue weighted by atomic mass is 9.97. The highest BCUT2D eigenvalue weighted by Crippen LogP contribution is 2.32. The Labute approximate surface area is 131 Å². The van der Waals surface area contributed by atoms with Crippen molar-refractivity contribution in [3.63, 3.8) is 0 Å². The van der Waals surface area contributed by atoms with Crippen LogP contribution in [0, 0.1) is 0 Å². The summed E-state index contributed by atoms with van der Waals surface area (Å²) in [6.07, 6.45) is -0.672. The van der Waals surface area contributed by atoms with E-state index >= 15 is 0 Å². The van der Waals surface area contributed by atoms with Crippen molar-refractivity contribution >= 4 is 11.8 Å². The van der Waals surface area contributed by atoms with E-state index in [1.807, 2.05) is 0 Å². The average Bonchev–Trinajstić information content (AvgIpc) is 2.97. The van der Waals surface area contributed by atoms with Crippen molar-refractivity contribution in [2.75, 3.05) is 6.54 Å². The van der Waals surface area contributed by atoms with Crippen LogP contribution < -0.4 is 5.32 Å². The smallest absolute Gasteiger partial charge is 0.408 e. The van der Waals surface area contributed by atoms with Crippen LogP contribution in [0.4, 0.5) is 13.2 Å². The largest absolute Gasteiger partial charge is 0.472 e. The van der Waals surface area contributed by atoms with Gasteiger partial charge in [-0.3, -0.25) is 9.59 Å². The third-order valence-electron chi connectivity index (χ3n) is 3.95. The molecule has 1 aromatic heterocycles. The van der Waals surface area contributed by atoms with Gasteiger partial charge in [0.1, 0.15) is 6.04 Å². The predicted molar refractivity (Wildman–Crippen MR) is 75.4 cm³/mol. The molecule has 23 heavy (non-hydrogen) atoms. The summed E-state index contributed by atoms with van der Waals surface area (Å²) in [4.78, 5) is 24.2. The average molecular weight is 332 g/mol. The lowest BCUT2D eigenvalue weighted by molar-refractivity contribution is -0.196. The molecule has 1 aliphatic rings. The van der Waals surface area contributed by atoms with E-state index in [2.05, 4.69) is 5.32 Å². The van der Waals surface area contributed by atoms with Crippen LogP contribution in [0.1, 0.15) is 31.7 Å². The number of nitrogens with one attached hydrogen (secondary N) is 1. The number of hydrogen-bond acceptors (Lipinski definition) is 3. The summed E-state index contributed by atoms with van der Waals surface area (Å²) in [7, 11) is 0. The molecule has 2 heterocycles. The maximum absolute atomic E-state index is 12.9. The highest BCUT2D eigenvalue weighted by Gasteiger charge is 2.47. The predicted octanol–water partition coefficient (Wildman–Crippen LogP) is 2.27. The second kappa shape index (κ2) is 7.06. The molecule has 2 atom stereocenters. The Balaban J connectivity index is 1.87. The van der Waals surface area contributed by atoms with Gasteiger partial charge in [-0.2, -0.15) is 13.2 Å². The van der Waals surface area contributed by atoms with Gasteiger partial charge in [0, 0.05) is 25.9 Å². The molecule has 2 amide bonds. The lowest BCUT2D eigenvalue weighted by Crippen LogP contribution is -2.57. The quantitative estimate of drug-likeness (QED) is 0.920. The van der Waals surface area contributed by atoms with Crippen LogP contribution in [0.3, 0.4) is 0 Å². The topological polar surface area (TPSA) is 62.6 Å². The second-order valence-electron chi connectivity index (χ2n) is 5.70. The standard InChI is InChI=1S/C15H19F3N2O3/c1-10(21)20-8-12(3-4-13(20)15(16,17)18)19-14(22)5-2-11-6-7-23-9-11/h6-7,9,12-13H,2-5,8H2,1H3,(H,19,22).